The number of nitrogens with zero attached hydrogens (tertiary/aromatic N) is 4. The molecule has 0 spiro atoms. The molecule has 234 valence electrons. The second kappa shape index (κ2) is 11.4. The summed E-state index contributed by atoms with van der Waals surface area (Å²) in [5.41, 5.74) is 10.1. The lowest BCUT2D eigenvalue weighted by molar-refractivity contribution is 0.669. The summed E-state index contributed by atoms with van der Waals surface area (Å²) in [5, 5.41) is 4.59. The summed E-state index contributed by atoms with van der Waals surface area (Å²) in [4.78, 5) is 14.7. The first kappa shape index (κ1) is 28.2. The first-order valence-electron chi connectivity index (χ1n) is 16.7. The fourth-order valence-corrected chi connectivity index (χ4v) is 7.12. The number of benzene rings is 7. The quantitative estimate of drug-likeness (QED) is 0.188. The third-order valence-corrected chi connectivity index (χ3v) is 9.46. The fraction of sp³-hybridized carbons (Fsp3) is 0. The predicted octanol–water partition coefficient (Wildman–Crippen LogP) is 11.5. The molecule has 5 nitrogen and oxygen atoms in total. The molecule has 0 aliphatic rings. The lowest BCUT2D eigenvalue weighted by Crippen LogP contribution is -2.00. The molecule has 0 fully saturated rings. The van der Waals surface area contributed by atoms with Crippen LogP contribution in [-0.4, -0.2) is 19.5 Å². The summed E-state index contributed by atoms with van der Waals surface area (Å²) >= 11 is 0. The van der Waals surface area contributed by atoms with E-state index in [1.54, 1.807) is 0 Å². The molecule has 0 unspecified atom stereocenters. The maximum absolute atomic E-state index is 6.48. The molecule has 0 saturated heterocycles. The highest BCUT2D eigenvalue weighted by Crippen LogP contribution is 2.39. The van der Waals surface area contributed by atoms with Gasteiger partial charge in [-0.25, -0.2) is 15.0 Å². The van der Waals surface area contributed by atoms with E-state index < -0.39 is 0 Å². The van der Waals surface area contributed by atoms with E-state index in [-0.39, 0.29) is 0 Å². The van der Waals surface area contributed by atoms with Crippen molar-refractivity contribution in [1.82, 2.24) is 19.5 Å². The zero-order valence-corrected chi connectivity index (χ0v) is 26.9. The minimum Gasteiger partial charge on any atom is -0.456 e. The van der Waals surface area contributed by atoms with Gasteiger partial charge >= 0.3 is 0 Å². The first-order chi connectivity index (χ1) is 24.8. The minimum absolute atomic E-state index is 0.598. The Bertz CT molecular complexity index is 2760. The highest BCUT2D eigenvalue weighted by atomic mass is 16.3. The molecule has 0 atom stereocenters. The number of fused-ring (bicyclic) bond motifs is 6. The van der Waals surface area contributed by atoms with Crippen LogP contribution in [0.15, 0.2) is 174 Å². The van der Waals surface area contributed by atoms with Gasteiger partial charge in [0, 0.05) is 43.8 Å². The molecule has 0 radical (unpaired) electrons. The molecule has 5 heteroatoms. The normalized spacial score (nSPS) is 11.6. The van der Waals surface area contributed by atoms with E-state index in [1.165, 1.54) is 21.8 Å². The molecule has 10 rings (SSSR count). The Morgan fingerprint density at radius 1 is 0.360 bits per heavy atom. The zero-order chi connectivity index (χ0) is 33.0. The maximum atomic E-state index is 6.48. The standard InChI is InChI=1S/C45H28N4O/c1-3-13-29(14-4-1)43-46-44(30-15-5-2-6-16-30)48-45(47-43)32-23-25-36-37-27-31(24-26-41(37)50-42(36)28-32)33-17-7-10-20-38(33)49-39-21-11-8-18-34(39)35-19-9-12-22-40(35)49/h1-28H. The van der Waals surface area contributed by atoms with Crippen LogP contribution in [0.1, 0.15) is 0 Å². The Morgan fingerprint density at radius 3 is 1.56 bits per heavy atom. The van der Waals surface area contributed by atoms with E-state index in [4.69, 9.17) is 19.4 Å². The van der Waals surface area contributed by atoms with Gasteiger partial charge in [0.25, 0.3) is 0 Å². The Kier molecular flexibility index (Phi) is 6.42. The molecule has 0 aliphatic carbocycles. The van der Waals surface area contributed by atoms with Crippen molar-refractivity contribution in [1.29, 1.82) is 0 Å². The molecule has 3 aromatic heterocycles. The van der Waals surface area contributed by atoms with Gasteiger partial charge in [0.05, 0.1) is 16.7 Å². The SMILES string of the molecule is c1ccc(-c2nc(-c3ccccc3)nc(-c3ccc4c(c3)oc3ccc(-c5ccccc5-n5c6ccccc6c6ccccc65)cc34)n2)cc1. The molecule has 0 bridgehead atoms. The summed E-state index contributed by atoms with van der Waals surface area (Å²) in [6.07, 6.45) is 0. The van der Waals surface area contributed by atoms with Crippen LogP contribution in [0, 0.1) is 0 Å². The Morgan fingerprint density at radius 2 is 0.900 bits per heavy atom. The van der Waals surface area contributed by atoms with Crippen LogP contribution in [0.2, 0.25) is 0 Å². The molecular formula is C45H28N4O. The summed E-state index contributed by atoms with van der Waals surface area (Å²) in [7, 11) is 0. The first-order valence-corrected chi connectivity index (χ1v) is 16.7. The van der Waals surface area contributed by atoms with Crippen LogP contribution in [0.25, 0.3) is 94.7 Å². The third kappa shape index (κ3) is 4.60. The van der Waals surface area contributed by atoms with Crippen LogP contribution in [0.4, 0.5) is 0 Å². The largest absolute Gasteiger partial charge is 0.456 e. The van der Waals surface area contributed by atoms with Gasteiger partial charge in [-0.15, -0.1) is 0 Å². The average molecular weight is 641 g/mol. The van der Waals surface area contributed by atoms with Gasteiger partial charge in [-0.1, -0.05) is 127 Å². The molecule has 50 heavy (non-hydrogen) atoms. The second-order valence-electron chi connectivity index (χ2n) is 12.4. The monoisotopic (exact) mass is 640 g/mol. The van der Waals surface area contributed by atoms with E-state index in [0.717, 1.165) is 55.4 Å². The number of hydrogen-bond acceptors (Lipinski definition) is 4. The molecular weight excluding hydrogens is 613 g/mol. The van der Waals surface area contributed by atoms with Crippen molar-refractivity contribution in [3.05, 3.63) is 170 Å². The van der Waals surface area contributed by atoms with Gasteiger partial charge in [0.2, 0.25) is 0 Å². The summed E-state index contributed by atoms with van der Waals surface area (Å²) in [6.45, 7) is 0. The van der Waals surface area contributed by atoms with E-state index >= 15 is 0 Å². The molecule has 0 amide bonds. The van der Waals surface area contributed by atoms with Crippen LogP contribution < -0.4 is 0 Å². The van der Waals surface area contributed by atoms with Crippen molar-refractivity contribution >= 4 is 43.7 Å². The average Bonchev–Trinajstić information content (AvgIpc) is 3.73. The minimum atomic E-state index is 0.598. The van der Waals surface area contributed by atoms with E-state index in [9.17, 15) is 0 Å². The van der Waals surface area contributed by atoms with Gasteiger partial charge in [-0.05, 0) is 48.0 Å². The van der Waals surface area contributed by atoms with Crippen molar-refractivity contribution in [2.24, 2.45) is 0 Å². The number of hydrogen-bond donors (Lipinski definition) is 0. The second-order valence-corrected chi connectivity index (χ2v) is 12.4. The highest BCUT2D eigenvalue weighted by Gasteiger charge is 2.18. The molecule has 0 N–H and O–H groups in total. The lowest BCUT2D eigenvalue weighted by atomic mass is 10.0. The van der Waals surface area contributed by atoms with Crippen LogP contribution in [0.3, 0.4) is 0 Å². The van der Waals surface area contributed by atoms with Crippen molar-refractivity contribution in [2.45, 2.75) is 0 Å². The molecule has 10 aromatic rings. The number of para-hydroxylation sites is 3. The molecule has 0 aliphatic heterocycles. The lowest BCUT2D eigenvalue weighted by Gasteiger charge is -2.14. The van der Waals surface area contributed by atoms with Gasteiger partial charge in [0.1, 0.15) is 11.2 Å². The Labute approximate surface area is 287 Å². The van der Waals surface area contributed by atoms with Crippen molar-refractivity contribution in [3.8, 4) is 51.0 Å². The number of aromatic nitrogens is 4. The molecule has 7 aromatic carbocycles. The number of rotatable bonds is 5. The summed E-state index contributed by atoms with van der Waals surface area (Å²) in [5.74, 6) is 1.86. The molecule has 0 saturated carbocycles. The maximum Gasteiger partial charge on any atom is 0.164 e. The van der Waals surface area contributed by atoms with Crippen LogP contribution >= 0.6 is 0 Å². The van der Waals surface area contributed by atoms with E-state index in [1.807, 2.05) is 66.7 Å². The van der Waals surface area contributed by atoms with Crippen molar-refractivity contribution < 1.29 is 4.42 Å². The predicted molar refractivity (Wildman–Crippen MR) is 203 cm³/mol. The summed E-state index contributed by atoms with van der Waals surface area (Å²) < 4.78 is 8.86. The zero-order valence-electron chi connectivity index (χ0n) is 26.9. The van der Waals surface area contributed by atoms with Crippen molar-refractivity contribution in [3.63, 3.8) is 0 Å². The van der Waals surface area contributed by atoms with Gasteiger partial charge in [0.15, 0.2) is 17.5 Å². The van der Waals surface area contributed by atoms with E-state index in [2.05, 4.69) is 108 Å². The molecule has 3 heterocycles. The topological polar surface area (TPSA) is 56.7 Å². The fourth-order valence-electron chi connectivity index (χ4n) is 7.12. The van der Waals surface area contributed by atoms with E-state index in [0.29, 0.717) is 17.5 Å². The van der Waals surface area contributed by atoms with Crippen LogP contribution in [0.5, 0.6) is 0 Å². The Balaban J connectivity index is 1.10. The van der Waals surface area contributed by atoms with Crippen LogP contribution in [-0.2, 0) is 0 Å². The van der Waals surface area contributed by atoms with Crippen molar-refractivity contribution in [2.75, 3.05) is 0 Å². The smallest absolute Gasteiger partial charge is 0.164 e. The van der Waals surface area contributed by atoms with Gasteiger partial charge in [-0.3, -0.25) is 0 Å². The third-order valence-electron chi connectivity index (χ3n) is 9.46. The summed E-state index contributed by atoms with van der Waals surface area (Å²) in [6, 6.07) is 58.7. The highest BCUT2D eigenvalue weighted by molar-refractivity contribution is 6.10. The Hall–Kier alpha value is -6.85. The van der Waals surface area contributed by atoms with Gasteiger partial charge in [-0.2, -0.15) is 0 Å². The van der Waals surface area contributed by atoms with Gasteiger partial charge < -0.3 is 8.98 Å². The number of furan rings is 1.